The van der Waals surface area contributed by atoms with Gasteiger partial charge in [0.05, 0.1) is 35.8 Å². The van der Waals surface area contributed by atoms with Crippen LogP contribution in [0, 0.1) is 29.6 Å². The molecule has 8 nitrogen and oxygen atoms in total. The number of furan rings is 1. The van der Waals surface area contributed by atoms with Gasteiger partial charge in [0.1, 0.15) is 22.6 Å². The lowest BCUT2D eigenvalue weighted by atomic mass is 10.1. The highest BCUT2D eigenvalue weighted by Gasteiger charge is 2.14. The van der Waals surface area contributed by atoms with Gasteiger partial charge in [0.2, 0.25) is 5.91 Å². The Bertz CT molecular complexity index is 1240. The molecular weight excluding hydrogens is 426 g/mol. The number of aromatic nitrogens is 1. The summed E-state index contributed by atoms with van der Waals surface area (Å²) in [7, 11) is 1.56. The molecule has 0 fully saturated rings. The molecule has 1 N–H and O–H groups in total. The summed E-state index contributed by atoms with van der Waals surface area (Å²) in [6.07, 6.45) is 1.38. The highest BCUT2D eigenvalue weighted by Crippen LogP contribution is 2.25. The number of benzene rings is 1. The van der Waals surface area contributed by atoms with Gasteiger partial charge in [-0.05, 0) is 42.8 Å². The molecule has 0 unspecified atom stereocenters. The average Bonchev–Trinajstić information content (AvgIpc) is 3.26. The number of aryl methyl sites for hydroxylation is 1. The summed E-state index contributed by atoms with van der Waals surface area (Å²) in [6.45, 7) is 2.11. The molecule has 1 aromatic carbocycles. The highest BCUT2D eigenvalue weighted by atomic mass is 32.2. The minimum atomic E-state index is -0.353. The number of nitriles is 2. The first kappa shape index (κ1) is 22.8. The Kier molecular flexibility index (Phi) is 7.76. The van der Waals surface area contributed by atoms with E-state index in [1.807, 2.05) is 13.0 Å². The van der Waals surface area contributed by atoms with E-state index >= 15 is 0 Å². The first-order chi connectivity index (χ1) is 15.5. The van der Waals surface area contributed by atoms with Gasteiger partial charge in [-0.2, -0.15) is 15.6 Å². The summed E-state index contributed by atoms with van der Waals surface area (Å²) < 4.78 is 10.8. The van der Waals surface area contributed by atoms with Crippen molar-refractivity contribution >= 4 is 23.9 Å². The van der Waals surface area contributed by atoms with Gasteiger partial charge in [-0.3, -0.25) is 4.79 Å². The summed E-state index contributed by atoms with van der Waals surface area (Å²) in [4.78, 5) is 16.5. The normalized spacial score (nSPS) is 10.6. The average molecular weight is 446 g/mol. The minimum Gasteiger partial charge on any atom is -0.455 e. The summed E-state index contributed by atoms with van der Waals surface area (Å²) >= 11 is 1.16. The Balaban J connectivity index is 1.60. The molecule has 160 valence electrons. The van der Waals surface area contributed by atoms with E-state index in [1.165, 1.54) is 6.21 Å². The van der Waals surface area contributed by atoms with E-state index in [0.717, 1.165) is 23.0 Å². The Morgan fingerprint density at radius 2 is 2.09 bits per heavy atom. The fourth-order valence-corrected chi connectivity index (χ4v) is 3.76. The Morgan fingerprint density at radius 1 is 1.28 bits per heavy atom. The number of carbonyl (C=O) groups excluding carboxylic acids is 1. The molecule has 0 atom stereocenters. The van der Waals surface area contributed by atoms with Crippen LogP contribution < -0.4 is 5.43 Å². The third kappa shape index (κ3) is 5.61. The summed E-state index contributed by atoms with van der Waals surface area (Å²) in [5.41, 5.74) is 5.49. The number of amides is 1. The quantitative estimate of drug-likeness (QED) is 0.318. The molecule has 0 radical (unpaired) electrons. The van der Waals surface area contributed by atoms with Gasteiger partial charge in [-0.1, -0.05) is 23.9 Å². The van der Waals surface area contributed by atoms with Crippen molar-refractivity contribution in [3.05, 3.63) is 70.6 Å². The van der Waals surface area contributed by atoms with Crippen LogP contribution in [0.1, 0.15) is 28.1 Å². The van der Waals surface area contributed by atoms with Gasteiger partial charge in [-0.15, -0.1) is 0 Å². The molecule has 2 aromatic heterocycles. The van der Waals surface area contributed by atoms with Crippen molar-refractivity contribution in [2.24, 2.45) is 5.10 Å². The number of ether oxygens (including phenoxy) is 1. The second kappa shape index (κ2) is 10.9. The third-order valence-electron chi connectivity index (χ3n) is 4.27. The topological polar surface area (TPSA) is 124 Å². The zero-order valence-corrected chi connectivity index (χ0v) is 18.3. The van der Waals surface area contributed by atoms with Crippen LogP contribution in [0.3, 0.4) is 0 Å². The zero-order chi connectivity index (χ0) is 22.9. The van der Waals surface area contributed by atoms with Gasteiger partial charge >= 0.3 is 0 Å². The molecule has 0 saturated carbocycles. The lowest BCUT2D eigenvalue weighted by molar-refractivity contribution is -0.118. The standard InChI is InChI=1S/C23H19N5O3S/c1-15-9-17(13-30-2)20(11-25)23(27-15)32-14-22(29)28-26-12-18-7-8-21(31-18)19-6-4-3-5-16(19)10-24/h3-9,12H,13-14H2,1-2H3,(H,28,29)/b26-12-. The number of thioether (sulfide) groups is 1. The number of hydrogen-bond acceptors (Lipinski definition) is 8. The van der Waals surface area contributed by atoms with Crippen LogP contribution in [0.5, 0.6) is 0 Å². The van der Waals surface area contributed by atoms with Crippen LogP contribution in [-0.2, 0) is 16.1 Å². The number of methoxy groups -OCH3 is 1. The van der Waals surface area contributed by atoms with Crippen molar-refractivity contribution in [3.8, 4) is 23.5 Å². The maximum Gasteiger partial charge on any atom is 0.250 e. The van der Waals surface area contributed by atoms with Crippen LogP contribution >= 0.6 is 11.8 Å². The molecule has 0 aliphatic carbocycles. The highest BCUT2D eigenvalue weighted by molar-refractivity contribution is 8.00. The molecule has 3 rings (SSSR count). The van der Waals surface area contributed by atoms with Crippen molar-refractivity contribution in [1.29, 1.82) is 10.5 Å². The Morgan fingerprint density at radius 3 is 2.84 bits per heavy atom. The Labute approximate surface area is 189 Å². The van der Waals surface area contributed by atoms with Crippen molar-refractivity contribution in [3.63, 3.8) is 0 Å². The van der Waals surface area contributed by atoms with Gasteiger partial charge in [0.15, 0.2) is 0 Å². The van der Waals surface area contributed by atoms with Crippen LogP contribution in [0.2, 0.25) is 0 Å². The van der Waals surface area contributed by atoms with Gasteiger partial charge in [0, 0.05) is 18.4 Å². The maximum absolute atomic E-state index is 12.2. The number of pyridine rings is 1. The SMILES string of the molecule is COCc1cc(C)nc(SCC(=O)N/N=C\c2ccc(-c3ccccc3C#N)o2)c1C#N. The van der Waals surface area contributed by atoms with Gasteiger partial charge in [0.25, 0.3) is 0 Å². The van der Waals surface area contributed by atoms with E-state index in [2.05, 4.69) is 27.6 Å². The molecule has 0 aliphatic rings. The van der Waals surface area contributed by atoms with Crippen LogP contribution in [-0.4, -0.2) is 30.0 Å². The largest absolute Gasteiger partial charge is 0.455 e. The van der Waals surface area contributed by atoms with Crippen molar-refractivity contribution in [2.75, 3.05) is 12.9 Å². The molecule has 0 spiro atoms. The molecule has 1 amide bonds. The number of nitrogens with zero attached hydrogens (tertiary/aromatic N) is 4. The van der Waals surface area contributed by atoms with Crippen molar-refractivity contribution < 1.29 is 13.9 Å². The summed E-state index contributed by atoms with van der Waals surface area (Å²) in [6, 6.07) is 16.6. The molecule has 9 heteroatoms. The summed E-state index contributed by atoms with van der Waals surface area (Å²) in [5.74, 6) is 0.644. The molecule has 32 heavy (non-hydrogen) atoms. The van der Waals surface area contributed by atoms with E-state index in [4.69, 9.17) is 9.15 Å². The number of nitrogens with one attached hydrogen (secondary N) is 1. The molecule has 2 heterocycles. The van der Waals surface area contributed by atoms with Crippen molar-refractivity contribution in [2.45, 2.75) is 18.6 Å². The van der Waals surface area contributed by atoms with Crippen LogP contribution in [0.4, 0.5) is 0 Å². The van der Waals surface area contributed by atoms with Crippen LogP contribution in [0.15, 0.2) is 57.0 Å². The zero-order valence-electron chi connectivity index (χ0n) is 17.5. The smallest absolute Gasteiger partial charge is 0.250 e. The fourth-order valence-electron chi connectivity index (χ4n) is 2.90. The first-order valence-corrected chi connectivity index (χ1v) is 10.5. The minimum absolute atomic E-state index is 0.0356. The van der Waals surface area contributed by atoms with E-state index in [-0.39, 0.29) is 11.7 Å². The van der Waals surface area contributed by atoms with Gasteiger partial charge < -0.3 is 9.15 Å². The van der Waals surface area contributed by atoms with E-state index in [9.17, 15) is 15.3 Å². The number of hydrazone groups is 1. The molecule has 3 aromatic rings. The number of carbonyl (C=O) groups is 1. The second-order valence-electron chi connectivity index (χ2n) is 6.59. The first-order valence-electron chi connectivity index (χ1n) is 9.49. The van der Waals surface area contributed by atoms with Crippen LogP contribution in [0.25, 0.3) is 11.3 Å². The Hall–Kier alpha value is -3.92. The molecule has 0 bridgehead atoms. The maximum atomic E-state index is 12.2. The van der Waals surface area contributed by atoms with Crippen molar-refractivity contribution in [1.82, 2.24) is 10.4 Å². The number of rotatable bonds is 8. The molecular formula is C23H19N5O3S. The molecule has 0 saturated heterocycles. The second-order valence-corrected chi connectivity index (χ2v) is 7.55. The summed E-state index contributed by atoms with van der Waals surface area (Å²) in [5, 5.41) is 23.1. The van der Waals surface area contributed by atoms with E-state index in [0.29, 0.717) is 39.8 Å². The molecule has 0 aliphatic heterocycles. The fraction of sp³-hybridized carbons (Fsp3) is 0.174. The van der Waals surface area contributed by atoms with Gasteiger partial charge in [-0.25, -0.2) is 10.4 Å². The predicted octanol–water partition coefficient (Wildman–Crippen LogP) is 3.78. The lowest BCUT2D eigenvalue weighted by Crippen LogP contribution is -2.19. The van der Waals surface area contributed by atoms with E-state index < -0.39 is 0 Å². The lowest BCUT2D eigenvalue weighted by Gasteiger charge is -2.09. The monoisotopic (exact) mass is 445 g/mol. The third-order valence-corrected chi connectivity index (χ3v) is 5.24. The predicted molar refractivity (Wildman–Crippen MR) is 120 cm³/mol. The number of hydrogen-bond donors (Lipinski definition) is 1. The van der Waals surface area contributed by atoms with E-state index in [1.54, 1.807) is 43.5 Å².